The summed E-state index contributed by atoms with van der Waals surface area (Å²) < 4.78 is 39.8. The van der Waals surface area contributed by atoms with Gasteiger partial charge in [-0.2, -0.15) is 18.3 Å². The highest BCUT2D eigenvalue weighted by atomic mass is 79.9. The van der Waals surface area contributed by atoms with Gasteiger partial charge in [0, 0.05) is 13.1 Å². The maximum atomic E-state index is 12.9. The van der Waals surface area contributed by atoms with Gasteiger partial charge >= 0.3 is 6.18 Å². The fraction of sp³-hybridized carbons (Fsp3) is 0.714. The van der Waals surface area contributed by atoms with Crippen LogP contribution in [0.25, 0.3) is 0 Å². The van der Waals surface area contributed by atoms with Crippen molar-refractivity contribution >= 4 is 21.8 Å². The number of hydrogen-bond acceptors (Lipinski definition) is 2. The molecule has 2 rings (SSSR count). The van der Waals surface area contributed by atoms with Crippen LogP contribution >= 0.6 is 15.9 Å². The fourth-order valence-electron chi connectivity index (χ4n) is 2.82. The van der Waals surface area contributed by atoms with Gasteiger partial charge in [-0.15, -0.1) is 0 Å². The van der Waals surface area contributed by atoms with Crippen molar-refractivity contribution < 1.29 is 18.0 Å². The van der Waals surface area contributed by atoms with Crippen LogP contribution in [0.4, 0.5) is 13.2 Å². The van der Waals surface area contributed by atoms with Crippen LogP contribution < -0.4 is 0 Å². The van der Waals surface area contributed by atoms with E-state index in [1.165, 1.54) is 6.92 Å². The number of alkyl halides is 3. The molecule has 1 amide bonds. The molecule has 2 heterocycles. The first-order chi connectivity index (χ1) is 10.1. The van der Waals surface area contributed by atoms with Crippen LogP contribution in [0.2, 0.25) is 0 Å². The van der Waals surface area contributed by atoms with Gasteiger partial charge in [0.2, 0.25) is 5.91 Å². The van der Waals surface area contributed by atoms with Gasteiger partial charge in [0.15, 0.2) is 5.69 Å². The molecular formula is C14H19BrF3N3O. The molecule has 22 heavy (non-hydrogen) atoms. The number of amides is 1. The number of piperidine rings is 1. The zero-order valence-corrected chi connectivity index (χ0v) is 14.3. The van der Waals surface area contributed by atoms with Crippen LogP contribution in [-0.4, -0.2) is 33.7 Å². The zero-order valence-electron chi connectivity index (χ0n) is 12.7. The van der Waals surface area contributed by atoms with Crippen molar-refractivity contribution in [3.8, 4) is 0 Å². The zero-order chi connectivity index (χ0) is 16.7. The SMILES string of the molecule is Cc1c(Br)c(C(F)(F)F)nn1C(C)C(=O)N1CCCC(C)C1. The lowest BCUT2D eigenvalue weighted by atomic mass is 10.00. The van der Waals surface area contributed by atoms with Crippen LogP contribution in [0.1, 0.15) is 44.1 Å². The summed E-state index contributed by atoms with van der Waals surface area (Å²) in [5.74, 6) is 0.236. The number of nitrogens with zero attached hydrogens (tertiary/aromatic N) is 3. The van der Waals surface area contributed by atoms with E-state index in [0.29, 0.717) is 24.7 Å². The Bertz CT molecular complexity index is 570. The van der Waals surface area contributed by atoms with Crippen LogP contribution in [0, 0.1) is 12.8 Å². The average molecular weight is 382 g/mol. The molecule has 0 bridgehead atoms. The summed E-state index contributed by atoms with van der Waals surface area (Å²) in [6.07, 6.45) is -2.55. The lowest BCUT2D eigenvalue weighted by Crippen LogP contribution is -2.42. The van der Waals surface area contributed by atoms with Crippen molar-refractivity contribution in [3.63, 3.8) is 0 Å². The maximum absolute atomic E-state index is 12.9. The van der Waals surface area contributed by atoms with Crippen molar-refractivity contribution in [2.75, 3.05) is 13.1 Å². The van der Waals surface area contributed by atoms with Gasteiger partial charge in [-0.3, -0.25) is 9.48 Å². The van der Waals surface area contributed by atoms with Crippen molar-refractivity contribution in [3.05, 3.63) is 15.9 Å². The minimum Gasteiger partial charge on any atom is -0.341 e. The third-order valence-electron chi connectivity index (χ3n) is 4.04. The number of carbonyl (C=O) groups is 1. The number of carbonyl (C=O) groups excluding carboxylic acids is 1. The third-order valence-corrected chi connectivity index (χ3v) is 4.99. The van der Waals surface area contributed by atoms with E-state index in [1.807, 2.05) is 0 Å². The van der Waals surface area contributed by atoms with Crippen LogP contribution in [-0.2, 0) is 11.0 Å². The van der Waals surface area contributed by atoms with Crippen LogP contribution in [0.15, 0.2) is 4.47 Å². The summed E-state index contributed by atoms with van der Waals surface area (Å²) in [5.41, 5.74) is -0.685. The highest BCUT2D eigenvalue weighted by Crippen LogP contribution is 2.36. The van der Waals surface area contributed by atoms with Crippen molar-refractivity contribution in [2.24, 2.45) is 5.92 Å². The minimum absolute atomic E-state index is 0.105. The molecule has 0 radical (unpaired) electrons. The van der Waals surface area contributed by atoms with E-state index in [9.17, 15) is 18.0 Å². The van der Waals surface area contributed by atoms with Gasteiger partial charge in [0.1, 0.15) is 6.04 Å². The summed E-state index contributed by atoms with van der Waals surface area (Å²) >= 11 is 2.93. The number of halogens is 4. The van der Waals surface area contributed by atoms with Gasteiger partial charge in [0.25, 0.3) is 0 Å². The van der Waals surface area contributed by atoms with Crippen LogP contribution in [0.3, 0.4) is 0 Å². The van der Waals surface area contributed by atoms with Gasteiger partial charge in [-0.1, -0.05) is 6.92 Å². The number of aromatic nitrogens is 2. The largest absolute Gasteiger partial charge is 0.436 e. The molecule has 4 nitrogen and oxygen atoms in total. The third kappa shape index (κ3) is 3.31. The lowest BCUT2D eigenvalue weighted by molar-refractivity contribution is -0.143. The molecule has 1 aliphatic rings. The molecular weight excluding hydrogens is 363 g/mol. The van der Waals surface area contributed by atoms with E-state index < -0.39 is 17.9 Å². The van der Waals surface area contributed by atoms with E-state index in [0.717, 1.165) is 17.5 Å². The lowest BCUT2D eigenvalue weighted by Gasteiger charge is -2.33. The monoisotopic (exact) mass is 381 g/mol. The highest BCUT2D eigenvalue weighted by molar-refractivity contribution is 9.10. The van der Waals surface area contributed by atoms with Crippen molar-refractivity contribution in [1.29, 1.82) is 0 Å². The molecule has 2 unspecified atom stereocenters. The molecule has 0 aromatic carbocycles. The molecule has 1 fully saturated rings. The number of hydrogen-bond donors (Lipinski definition) is 0. The molecule has 0 aliphatic carbocycles. The summed E-state index contributed by atoms with van der Waals surface area (Å²) in [4.78, 5) is 14.3. The van der Waals surface area contributed by atoms with Gasteiger partial charge in [0.05, 0.1) is 10.2 Å². The summed E-state index contributed by atoms with van der Waals surface area (Å²) in [5, 5.41) is 3.61. The van der Waals surface area contributed by atoms with E-state index >= 15 is 0 Å². The predicted octanol–water partition coefficient (Wildman–Crippen LogP) is 3.79. The number of rotatable bonds is 2. The Hall–Kier alpha value is -1.05. The van der Waals surface area contributed by atoms with Gasteiger partial charge < -0.3 is 4.90 Å². The molecule has 1 aromatic rings. The second-order valence-corrected chi connectivity index (χ2v) is 6.69. The van der Waals surface area contributed by atoms with Gasteiger partial charge in [-0.05, 0) is 48.5 Å². The Morgan fingerprint density at radius 1 is 1.45 bits per heavy atom. The first-order valence-corrected chi connectivity index (χ1v) is 8.02. The Morgan fingerprint density at radius 2 is 2.09 bits per heavy atom. The molecule has 0 saturated carbocycles. The summed E-state index contributed by atoms with van der Waals surface area (Å²) in [6.45, 7) is 6.49. The Kier molecular flexibility index (Phi) is 4.89. The molecule has 8 heteroatoms. The molecule has 1 saturated heterocycles. The maximum Gasteiger partial charge on any atom is 0.436 e. The highest BCUT2D eigenvalue weighted by Gasteiger charge is 2.39. The van der Waals surface area contributed by atoms with E-state index in [1.54, 1.807) is 11.8 Å². The van der Waals surface area contributed by atoms with E-state index in [2.05, 4.69) is 28.0 Å². The van der Waals surface area contributed by atoms with Crippen molar-refractivity contribution in [1.82, 2.24) is 14.7 Å². The number of likely N-dealkylation sites (tertiary alicyclic amines) is 1. The van der Waals surface area contributed by atoms with Gasteiger partial charge in [-0.25, -0.2) is 0 Å². The second kappa shape index (κ2) is 6.22. The van der Waals surface area contributed by atoms with Crippen molar-refractivity contribution in [2.45, 2.75) is 45.8 Å². The first-order valence-electron chi connectivity index (χ1n) is 7.23. The summed E-state index contributed by atoms with van der Waals surface area (Å²) in [7, 11) is 0. The molecule has 1 aliphatic heterocycles. The Labute approximate surface area is 135 Å². The van der Waals surface area contributed by atoms with Crippen LogP contribution in [0.5, 0.6) is 0 Å². The molecule has 124 valence electrons. The Morgan fingerprint density at radius 3 is 2.59 bits per heavy atom. The second-order valence-electron chi connectivity index (χ2n) is 5.90. The molecule has 2 atom stereocenters. The predicted molar refractivity (Wildman–Crippen MR) is 79.4 cm³/mol. The normalized spacial score (nSPS) is 21.0. The first kappa shape index (κ1) is 17.3. The molecule has 1 aromatic heterocycles. The smallest absolute Gasteiger partial charge is 0.341 e. The summed E-state index contributed by atoms with van der Waals surface area (Å²) in [6, 6.07) is -0.752. The average Bonchev–Trinajstić information content (AvgIpc) is 2.73. The van der Waals surface area contributed by atoms with E-state index in [4.69, 9.17) is 0 Å². The standard InChI is InChI=1S/C14H19BrF3N3O/c1-8-5-4-6-20(7-8)13(22)10(3)21-9(2)11(15)12(19-21)14(16,17)18/h8,10H,4-7H2,1-3H3. The minimum atomic E-state index is -4.54. The fourth-order valence-corrected chi connectivity index (χ4v) is 3.30. The van der Waals surface area contributed by atoms with E-state index in [-0.39, 0.29) is 10.4 Å². The molecule has 0 N–H and O–H groups in total. The molecule has 0 spiro atoms. The Balaban J connectivity index is 2.26. The quantitative estimate of drug-likeness (QED) is 0.781. The topological polar surface area (TPSA) is 38.1 Å².